The van der Waals surface area contributed by atoms with E-state index in [9.17, 15) is 9.59 Å². The summed E-state index contributed by atoms with van der Waals surface area (Å²) in [5.74, 6) is 0.423. The maximum Gasteiger partial charge on any atom is 0.339 e. The van der Waals surface area contributed by atoms with Crippen molar-refractivity contribution in [3.8, 4) is 0 Å². The summed E-state index contributed by atoms with van der Waals surface area (Å²) >= 11 is 0. The predicted molar refractivity (Wildman–Crippen MR) is 95.3 cm³/mol. The van der Waals surface area contributed by atoms with Crippen LogP contribution < -0.4 is 10.6 Å². The number of nitrogens with zero attached hydrogens (tertiary/aromatic N) is 4. The van der Waals surface area contributed by atoms with E-state index in [0.29, 0.717) is 11.2 Å². The Morgan fingerprint density at radius 2 is 2.15 bits per heavy atom. The van der Waals surface area contributed by atoms with Gasteiger partial charge in [0.15, 0.2) is 5.65 Å². The van der Waals surface area contributed by atoms with Gasteiger partial charge in [0, 0.05) is 18.1 Å². The highest BCUT2D eigenvalue weighted by atomic mass is 16.5. The van der Waals surface area contributed by atoms with E-state index < -0.39 is 17.5 Å². The van der Waals surface area contributed by atoms with Crippen molar-refractivity contribution in [1.29, 1.82) is 0 Å². The lowest BCUT2D eigenvalue weighted by molar-refractivity contribution is 0.0600. The molecule has 2 amide bonds. The van der Waals surface area contributed by atoms with Gasteiger partial charge in [0.05, 0.1) is 18.2 Å². The van der Waals surface area contributed by atoms with Crippen LogP contribution in [0.2, 0.25) is 0 Å². The second kappa shape index (κ2) is 6.38. The topological polar surface area (TPSA) is 126 Å². The first-order valence-corrected chi connectivity index (χ1v) is 8.55. The second-order valence-corrected chi connectivity index (χ2v) is 6.58. The first-order chi connectivity index (χ1) is 13.0. The molecular formula is C17H19N7O3. The summed E-state index contributed by atoms with van der Waals surface area (Å²) in [7, 11) is 1.31. The molecule has 0 aliphatic heterocycles. The van der Waals surface area contributed by atoms with E-state index in [1.165, 1.54) is 17.8 Å². The summed E-state index contributed by atoms with van der Waals surface area (Å²) < 4.78 is 6.10. The van der Waals surface area contributed by atoms with Gasteiger partial charge in [-0.15, -0.1) is 5.10 Å². The minimum atomic E-state index is -0.491. The summed E-state index contributed by atoms with van der Waals surface area (Å²) in [6, 6.07) is 2.80. The monoisotopic (exact) mass is 369 g/mol. The largest absolute Gasteiger partial charge is 0.465 e. The van der Waals surface area contributed by atoms with Gasteiger partial charge in [-0.1, -0.05) is 0 Å². The van der Waals surface area contributed by atoms with E-state index in [0.717, 1.165) is 30.8 Å². The molecule has 0 atom stereocenters. The molecule has 3 aromatic heterocycles. The average Bonchev–Trinajstić information content (AvgIpc) is 3.22. The number of amides is 2. The fourth-order valence-corrected chi connectivity index (χ4v) is 3.13. The number of methoxy groups -OCH3 is 1. The first-order valence-electron chi connectivity index (χ1n) is 8.55. The third-order valence-electron chi connectivity index (χ3n) is 4.69. The van der Waals surface area contributed by atoms with Gasteiger partial charge in [0.2, 0.25) is 0 Å². The molecule has 0 aromatic carbocycles. The number of nitrogens with one attached hydrogen (secondary N) is 3. The number of carbonyl (C=O) groups is 2. The lowest BCUT2D eigenvalue weighted by atomic mass is 9.76. The molecule has 3 heterocycles. The number of esters is 1. The highest BCUT2D eigenvalue weighted by Crippen LogP contribution is 2.39. The Hall–Kier alpha value is -3.43. The van der Waals surface area contributed by atoms with Crippen LogP contribution >= 0.6 is 0 Å². The van der Waals surface area contributed by atoms with Crippen LogP contribution in [0.5, 0.6) is 0 Å². The molecule has 10 nitrogen and oxygen atoms in total. The molecule has 1 aliphatic carbocycles. The number of pyridine rings is 1. The highest BCUT2D eigenvalue weighted by molar-refractivity contribution is 5.90. The van der Waals surface area contributed by atoms with Gasteiger partial charge >= 0.3 is 12.0 Å². The van der Waals surface area contributed by atoms with Crippen molar-refractivity contribution in [2.45, 2.75) is 31.7 Å². The lowest BCUT2D eigenvalue weighted by Crippen LogP contribution is -2.53. The second-order valence-electron chi connectivity index (χ2n) is 6.58. The fourth-order valence-electron chi connectivity index (χ4n) is 3.13. The minimum Gasteiger partial charge on any atom is -0.465 e. The number of aromatic amines is 1. The number of ether oxygens (including phenoxy) is 1. The van der Waals surface area contributed by atoms with E-state index >= 15 is 0 Å². The number of aromatic nitrogens is 5. The molecule has 0 saturated heterocycles. The Morgan fingerprint density at radius 1 is 1.33 bits per heavy atom. The van der Waals surface area contributed by atoms with Gasteiger partial charge in [-0.25, -0.2) is 19.1 Å². The van der Waals surface area contributed by atoms with Crippen LogP contribution in [0.1, 0.15) is 41.1 Å². The standard InChI is InChI=1S/C17H19N7O3/c1-10-8-18-14(19-10)17(6-3-7-17)22-16(26)21-15-20-12-5-4-11(13(25)27-2)9-24(12)23-15/h4-5,8-9H,3,6-7H2,1-2H3,(H,18,19)(H2,21,22,23,26). The number of imidazole rings is 1. The molecule has 1 saturated carbocycles. The van der Waals surface area contributed by atoms with Crippen molar-refractivity contribution in [3.05, 3.63) is 41.6 Å². The number of hydrogen-bond donors (Lipinski definition) is 3. The molecule has 1 fully saturated rings. The van der Waals surface area contributed by atoms with Crippen LogP contribution in [0.25, 0.3) is 5.65 Å². The Kier molecular flexibility index (Phi) is 4.02. The molecule has 0 radical (unpaired) electrons. The molecule has 10 heteroatoms. The van der Waals surface area contributed by atoms with Crippen molar-refractivity contribution < 1.29 is 14.3 Å². The Morgan fingerprint density at radius 3 is 2.78 bits per heavy atom. The summed E-state index contributed by atoms with van der Waals surface area (Å²) in [5.41, 5.74) is 1.29. The van der Waals surface area contributed by atoms with Gasteiger partial charge in [0.1, 0.15) is 5.82 Å². The molecule has 27 heavy (non-hydrogen) atoms. The molecule has 0 unspecified atom stereocenters. The third kappa shape index (κ3) is 3.09. The molecule has 140 valence electrons. The normalized spacial score (nSPS) is 15.2. The maximum absolute atomic E-state index is 12.5. The van der Waals surface area contributed by atoms with Crippen molar-refractivity contribution in [2.24, 2.45) is 0 Å². The van der Waals surface area contributed by atoms with Crippen molar-refractivity contribution >= 4 is 23.6 Å². The molecule has 0 spiro atoms. The number of aryl methyl sites for hydroxylation is 1. The number of H-pyrrole nitrogens is 1. The smallest absolute Gasteiger partial charge is 0.339 e. The van der Waals surface area contributed by atoms with E-state index in [1.54, 1.807) is 18.3 Å². The number of rotatable bonds is 4. The van der Waals surface area contributed by atoms with Gasteiger partial charge in [-0.05, 0) is 38.3 Å². The minimum absolute atomic E-state index is 0.139. The summed E-state index contributed by atoms with van der Waals surface area (Å²) in [5, 5.41) is 9.81. The average molecular weight is 369 g/mol. The van der Waals surface area contributed by atoms with Gasteiger partial charge in [-0.2, -0.15) is 4.98 Å². The van der Waals surface area contributed by atoms with Crippen LogP contribution in [0.4, 0.5) is 10.7 Å². The summed E-state index contributed by atoms with van der Waals surface area (Å²) in [6.07, 6.45) is 5.89. The predicted octanol–water partition coefficient (Wildman–Crippen LogP) is 1.75. The third-order valence-corrected chi connectivity index (χ3v) is 4.69. The van der Waals surface area contributed by atoms with Crippen molar-refractivity contribution in [1.82, 2.24) is 29.9 Å². The van der Waals surface area contributed by atoms with Gasteiger partial charge < -0.3 is 15.0 Å². The van der Waals surface area contributed by atoms with Crippen LogP contribution in [0, 0.1) is 6.92 Å². The first kappa shape index (κ1) is 17.0. The number of fused-ring (bicyclic) bond motifs is 1. The van der Waals surface area contributed by atoms with E-state index in [-0.39, 0.29) is 5.95 Å². The van der Waals surface area contributed by atoms with Crippen LogP contribution in [-0.4, -0.2) is 43.7 Å². The SMILES string of the molecule is COC(=O)c1ccc2nc(NC(=O)NC3(c4ncc(C)[nH]4)CCC3)nn2c1. The number of urea groups is 1. The molecule has 3 aromatic rings. The summed E-state index contributed by atoms with van der Waals surface area (Å²) in [4.78, 5) is 35.9. The summed E-state index contributed by atoms with van der Waals surface area (Å²) in [6.45, 7) is 1.92. The van der Waals surface area contributed by atoms with Crippen LogP contribution in [-0.2, 0) is 10.3 Å². The number of carbonyl (C=O) groups excluding carboxylic acids is 2. The molecule has 4 rings (SSSR count). The fraction of sp³-hybridized carbons (Fsp3) is 0.353. The van der Waals surface area contributed by atoms with Crippen molar-refractivity contribution in [3.63, 3.8) is 0 Å². The lowest BCUT2D eigenvalue weighted by Gasteiger charge is -2.40. The van der Waals surface area contributed by atoms with E-state index in [4.69, 9.17) is 0 Å². The zero-order valence-electron chi connectivity index (χ0n) is 14.9. The quantitative estimate of drug-likeness (QED) is 0.602. The van der Waals surface area contributed by atoms with Gasteiger partial charge in [0.25, 0.3) is 5.95 Å². The number of anilines is 1. The van der Waals surface area contributed by atoms with E-state index in [1.807, 2.05) is 6.92 Å². The Labute approximate surface area is 154 Å². The highest BCUT2D eigenvalue weighted by Gasteiger charge is 2.42. The Bertz CT molecular complexity index is 1020. The maximum atomic E-state index is 12.5. The van der Waals surface area contributed by atoms with E-state index in [2.05, 4.69) is 35.4 Å². The molecule has 0 bridgehead atoms. The number of hydrogen-bond acceptors (Lipinski definition) is 6. The molecule has 3 N–H and O–H groups in total. The van der Waals surface area contributed by atoms with Crippen LogP contribution in [0.3, 0.4) is 0 Å². The van der Waals surface area contributed by atoms with Crippen molar-refractivity contribution in [2.75, 3.05) is 12.4 Å². The molecule has 1 aliphatic rings. The van der Waals surface area contributed by atoms with Crippen LogP contribution in [0.15, 0.2) is 24.5 Å². The molecular weight excluding hydrogens is 350 g/mol. The van der Waals surface area contributed by atoms with Gasteiger partial charge in [-0.3, -0.25) is 5.32 Å². The zero-order valence-corrected chi connectivity index (χ0v) is 14.9. The zero-order chi connectivity index (χ0) is 19.0. The Balaban J connectivity index is 1.50.